The van der Waals surface area contributed by atoms with Gasteiger partial charge in [-0.3, -0.25) is 14.5 Å². The van der Waals surface area contributed by atoms with Crippen molar-refractivity contribution in [3.63, 3.8) is 0 Å². The molecule has 2 heterocycles. The minimum atomic E-state index is -3.61. The van der Waals surface area contributed by atoms with Crippen LogP contribution in [-0.2, 0) is 19.6 Å². The molecule has 8 nitrogen and oxygen atoms in total. The number of piperidine rings is 2. The van der Waals surface area contributed by atoms with Gasteiger partial charge < -0.3 is 10.6 Å². The fraction of sp³-hybridized carbons (Fsp3) is 0.600. The normalized spacial score (nSPS) is 22.6. The number of benzene rings is 1. The summed E-state index contributed by atoms with van der Waals surface area (Å²) in [5, 5.41) is 0.483. The second kappa shape index (κ2) is 9.64. The first kappa shape index (κ1) is 23.0. The topological polar surface area (TPSA) is 113 Å². The van der Waals surface area contributed by atoms with E-state index in [1.807, 2.05) is 6.92 Å². The molecule has 0 spiro atoms. The van der Waals surface area contributed by atoms with Crippen LogP contribution in [0.2, 0.25) is 5.02 Å². The lowest BCUT2D eigenvalue weighted by Gasteiger charge is -2.39. The molecule has 0 aromatic heterocycles. The first-order valence-corrected chi connectivity index (χ1v) is 12.1. The molecule has 166 valence electrons. The fourth-order valence-corrected chi connectivity index (χ4v) is 5.57. The number of sulfonamides is 1. The highest BCUT2D eigenvalue weighted by Gasteiger charge is 2.33. The number of carbonyl (C=O) groups is 2. The Morgan fingerprint density at radius 1 is 1.13 bits per heavy atom. The Morgan fingerprint density at radius 2 is 1.77 bits per heavy atom. The molecule has 0 aliphatic carbocycles. The lowest BCUT2D eigenvalue weighted by atomic mass is 9.96. The Labute approximate surface area is 182 Å². The minimum Gasteiger partial charge on any atom is -0.369 e. The van der Waals surface area contributed by atoms with Gasteiger partial charge in [-0.15, -0.1) is 0 Å². The van der Waals surface area contributed by atoms with Crippen LogP contribution in [0.25, 0.3) is 0 Å². The second-order valence-electron chi connectivity index (χ2n) is 8.09. The number of nitrogens with two attached hydrogens (primary N) is 1. The van der Waals surface area contributed by atoms with Gasteiger partial charge in [-0.05, 0) is 56.9 Å². The van der Waals surface area contributed by atoms with Crippen LogP contribution in [0.4, 0.5) is 0 Å². The van der Waals surface area contributed by atoms with Crippen molar-refractivity contribution >= 4 is 33.4 Å². The predicted molar refractivity (Wildman–Crippen MR) is 114 cm³/mol. The maximum atomic E-state index is 12.9. The molecule has 2 unspecified atom stereocenters. The Kier molecular flexibility index (Phi) is 7.38. The van der Waals surface area contributed by atoms with E-state index in [1.54, 1.807) is 17.0 Å². The highest BCUT2D eigenvalue weighted by Crippen LogP contribution is 2.21. The van der Waals surface area contributed by atoms with Crippen LogP contribution in [0.5, 0.6) is 0 Å². The molecule has 0 bridgehead atoms. The van der Waals surface area contributed by atoms with E-state index in [2.05, 4.69) is 9.62 Å². The molecule has 30 heavy (non-hydrogen) atoms. The molecule has 3 rings (SSSR count). The molecule has 0 saturated carbocycles. The van der Waals surface area contributed by atoms with E-state index >= 15 is 0 Å². The third-order valence-electron chi connectivity index (χ3n) is 6.02. The number of rotatable bonds is 6. The Hall–Kier alpha value is -1.68. The second-order valence-corrected chi connectivity index (χ2v) is 10.2. The van der Waals surface area contributed by atoms with Crippen molar-refractivity contribution in [3.05, 3.63) is 29.3 Å². The molecule has 2 aliphatic rings. The zero-order valence-electron chi connectivity index (χ0n) is 17.1. The first-order chi connectivity index (χ1) is 14.2. The number of primary amides is 1. The van der Waals surface area contributed by atoms with Crippen LogP contribution in [-0.4, -0.2) is 68.3 Å². The van der Waals surface area contributed by atoms with Crippen LogP contribution >= 0.6 is 11.6 Å². The number of nitrogens with zero attached hydrogens (tertiary/aromatic N) is 2. The number of likely N-dealkylation sites (tertiary alicyclic amines) is 2. The molecule has 1 aromatic rings. The van der Waals surface area contributed by atoms with E-state index in [1.165, 1.54) is 12.1 Å². The van der Waals surface area contributed by atoms with Crippen LogP contribution in [0.15, 0.2) is 29.2 Å². The Morgan fingerprint density at radius 3 is 2.37 bits per heavy atom. The summed E-state index contributed by atoms with van der Waals surface area (Å²) in [6, 6.07) is 5.57. The standard InChI is InChI=1S/C20H29ClN4O4S/c1-14(20(27)25-10-2-3-15(13-25)19(22)26)24-11-8-17(9-12-24)23-30(28,29)18-6-4-16(21)5-7-18/h4-7,14-15,17,23H,2-3,8-13H2,1H3,(H2,22,26). The van der Waals surface area contributed by atoms with E-state index < -0.39 is 10.0 Å². The van der Waals surface area contributed by atoms with Gasteiger partial charge in [-0.1, -0.05) is 11.6 Å². The van der Waals surface area contributed by atoms with Gasteiger partial charge in [0.25, 0.3) is 0 Å². The van der Waals surface area contributed by atoms with Gasteiger partial charge in [-0.25, -0.2) is 13.1 Å². The van der Waals surface area contributed by atoms with E-state index in [0.717, 1.165) is 12.8 Å². The van der Waals surface area contributed by atoms with Crippen LogP contribution < -0.4 is 10.5 Å². The van der Waals surface area contributed by atoms with Gasteiger partial charge in [0.15, 0.2) is 0 Å². The maximum absolute atomic E-state index is 12.9. The van der Waals surface area contributed by atoms with Crippen molar-refractivity contribution in [2.45, 2.75) is 49.6 Å². The number of halogens is 1. The Balaban J connectivity index is 1.52. The van der Waals surface area contributed by atoms with Crippen LogP contribution in [0.3, 0.4) is 0 Å². The van der Waals surface area contributed by atoms with Gasteiger partial charge in [0, 0.05) is 37.2 Å². The van der Waals surface area contributed by atoms with Crippen molar-refractivity contribution < 1.29 is 18.0 Å². The average Bonchev–Trinajstić information content (AvgIpc) is 2.73. The molecule has 2 fully saturated rings. The zero-order valence-corrected chi connectivity index (χ0v) is 18.7. The largest absolute Gasteiger partial charge is 0.369 e. The van der Waals surface area contributed by atoms with Gasteiger partial charge in [0.2, 0.25) is 21.8 Å². The summed E-state index contributed by atoms with van der Waals surface area (Å²) < 4.78 is 27.9. The molecule has 2 amide bonds. The smallest absolute Gasteiger partial charge is 0.240 e. The van der Waals surface area contributed by atoms with E-state index in [4.69, 9.17) is 17.3 Å². The third-order valence-corrected chi connectivity index (χ3v) is 7.80. The quantitative estimate of drug-likeness (QED) is 0.667. The summed E-state index contributed by atoms with van der Waals surface area (Å²) in [7, 11) is -3.61. The maximum Gasteiger partial charge on any atom is 0.240 e. The van der Waals surface area contributed by atoms with Crippen molar-refractivity contribution in [1.82, 2.24) is 14.5 Å². The molecular formula is C20H29ClN4O4S. The van der Waals surface area contributed by atoms with Crippen molar-refractivity contribution in [1.29, 1.82) is 0 Å². The van der Waals surface area contributed by atoms with Crippen molar-refractivity contribution in [2.24, 2.45) is 11.7 Å². The predicted octanol–water partition coefficient (Wildman–Crippen LogP) is 1.20. The lowest BCUT2D eigenvalue weighted by molar-refractivity contribution is -0.140. The molecule has 2 aliphatic heterocycles. The summed E-state index contributed by atoms with van der Waals surface area (Å²) in [6.45, 7) is 4.14. The number of hydrogen-bond donors (Lipinski definition) is 2. The monoisotopic (exact) mass is 456 g/mol. The summed E-state index contributed by atoms with van der Waals surface area (Å²) in [5.74, 6) is -0.627. The number of amides is 2. The van der Waals surface area contributed by atoms with Gasteiger partial charge in [0.1, 0.15) is 0 Å². The van der Waals surface area contributed by atoms with E-state index in [9.17, 15) is 18.0 Å². The Bertz CT molecular complexity index is 869. The fourth-order valence-electron chi connectivity index (χ4n) is 4.14. The molecule has 2 atom stereocenters. The van der Waals surface area contributed by atoms with Gasteiger partial charge >= 0.3 is 0 Å². The number of hydrogen-bond acceptors (Lipinski definition) is 5. The summed E-state index contributed by atoms with van der Waals surface area (Å²) in [6.07, 6.45) is 2.75. The van der Waals surface area contributed by atoms with Crippen molar-refractivity contribution in [3.8, 4) is 0 Å². The molecule has 2 saturated heterocycles. The number of carbonyl (C=O) groups excluding carboxylic acids is 2. The summed E-state index contributed by atoms with van der Waals surface area (Å²) in [5.41, 5.74) is 5.41. The summed E-state index contributed by atoms with van der Waals surface area (Å²) in [4.78, 5) is 28.4. The molecule has 1 aromatic carbocycles. The van der Waals surface area contributed by atoms with E-state index in [0.29, 0.717) is 44.0 Å². The summed E-state index contributed by atoms with van der Waals surface area (Å²) >= 11 is 5.83. The molecule has 10 heteroatoms. The number of nitrogens with one attached hydrogen (secondary N) is 1. The van der Waals surface area contributed by atoms with Gasteiger partial charge in [0.05, 0.1) is 16.9 Å². The van der Waals surface area contributed by atoms with Crippen LogP contribution in [0, 0.1) is 5.92 Å². The zero-order chi connectivity index (χ0) is 21.9. The third kappa shape index (κ3) is 5.51. The molecule has 0 radical (unpaired) electrons. The van der Waals surface area contributed by atoms with Crippen molar-refractivity contribution in [2.75, 3.05) is 26.2 Å². The highest BCUT2D eigenvalue weighted by atomic mass is 35.5. The first-order valence-electron chi connectivity index (χ1n) is 10.3. The average molecular weight is 457 g/mol. The minimum absolute atomic E-state index is 0.00106. The lowest BCUT2D eigenvalue weighted by Crippen LogP contribution is -2.54. The SMILES string of the molecule is CC(C(=O)N1CCCC(C(N)=O)C1)N1CCC(NS(=O)(=O)c2ccc(Cl)cc2)CC1. The van der Waals surface area contributed by atoms with Crippen LogP contribution in [0.1, 0.15) is 32.6 Å². The molecule has 3 N–H and O–H groups in total. The van der Waals surface area contributed by atoms with E-state index in [-0.39, 0.29) is 34.7 Å². The highest BCUT2D eigenvalue weighted by molar-refractivity contribution is 7.89. The molecular weight excluding hydrogens is 428 g/mol. The van der Waals surface area contributed by atoms with Gasteiger partial charge in [-0.2, -0.15) is 0 Å².